The van der Waals surface area contributed by atoms with Crippen LogP contribution in [-0.2, 0) is 16.6 Å². The van der Waals surface area contributed by atoms with Crippen LogP contribution in [0.15, 0.2) is 102 Å². The largest absolute Gasteiger partial charge is 0.278 e. The number of anilines is 2. The Morgan fingerprint density at radius 2 is 1.65 bits per heavy atom. The van der Waals surface area contributed by atoms with E-state index in [2.05, 4.69) is 9.97 Å². The average Bonchev–Trinajstić information content (AvgIpc) is 3.37. The van der Waals surface area contributed by atoms with Crippen molar-refractivity contribution in [2.45, 2.75) is 11.4 Å². The number of carbonyl (C=O) groups is 1. The molecule has 7 nitrogen and oxygen atoms in total. The highest BCUT2D eigenvalue weighted by Crippen LogP contribution is 2.32. The first-order valence-corrected chi connectivity index (χ1v) is 13.5. The summed E-state index contributed by atoms with van der Waals surface area (Å²) in [6, 6.07) is 24.5. The third-order valence-corrected chi connectivity index (χ3v) is 8.60. The molecule has 0 saturated carbocycles. The number of nitrogens with zero attached hydrogens (tertiary/aromatic N) is 4. The van der Waals surface area contributed by atoms with Gasteiger partial charge < -0.3 is 0 Å². The van der Waals surface area contributed by atoms with Crippen molar-refractivity contribution >= 4 is 48.3 Å². The Morgan fingerprint density at radius 1 is 0.919 bits per heavy atom. The molecule has 10 heteroatoms. The molecule has 0 N–H and O–H groups in total. The van der Waals surface area contributed by atoms with Gasteiger partial charge in [0, 0.05) is 18.8 Å². The molecule has 0 aliphatic carbocycles. The number of halogens is 1. The van der Waals surface area contributed by atoms with Crippen LogP contribution in [-0.4, -0.2) is 31.3 Å². The van der Waals surface area contributed by atoms with Gasteiger partial charge in [0.1, 0.15) is 11.3 Å². The van der Waals surface area contributed by atoms with E-state index in [4.69, 9.17) is 0 Å². The second-order valence-corrected chi connectivity index (χ2v) is 11.1. The highest BCUT2D eigenvalue weighted by Gasteiger charge is 2.25. The second-order valence-electron chi connectivity index (χ2n) is 8.13. The Kier molecular flexibility index (Phi) is 6.68. The molecule has 0 saturated heterocycles. The molecule has 5 rings (SSSR count). The highest BCUT2D eigenvalue weighted by atomic mass is 32.2. The predicted molar refractivity (Wildman–Crippen MR) is 143 cm³/mol. The van der Waals surface area contributed by atoms with Gasteiger partial charge in [-0.15, -0.1) is 0 Å². The molecule has 0 bridgehead atoms. The number of pyridine rings is 1. The Bertz CT molecular complexity index is 1660. The van der Waals surface area contributed by atoms with Crippen LogP contribution in [0.3, 0.4) is 0 Å². The van der Waals surface area contributed by atoms with Crippen molar-refractivity contribution in [2.75, 3.05) is 16.3 Å². The summed E-state index contributed by atoms with van der Waals surface area (Å²) >= 11 is 1.19. The average molecular weight is 533 g/mol. The molecule has 0 atom stereocenters. The number of para-hydroxylation sites is 2. The summed E-state index contributed by atoms with van der Waals surface area (Å²) in [7, 11) is -2.35. The quantitative estimate of drug-likeness (QED) is 0.276. The molecule has 5 aromatic rings. The summed E-state index contributed by atoms with van der Waals surface area (Å²) in [6.45, 7) is 0.109. The number of amides is 1. The molecule has 0 unspecified atom stereocenters. The number of hydrogen-bond acceptors (Lipinski definition) is 6. The molecular weight excluding hydrogens is 511 g/mol. The number of aromatic nitrogens is 2. The van der Waals surface area contributed by atoms with Crippen LogP contribution < -0.4 is 9.21 Å². The maximum atomic E-state index is 14.3. The fourth-order valence-electron chi connectivity index (χ4n) is 3.76. The van der Waals surface area contributed by atoms with Crippen molar-refractivity contribution in [1.29, 1.82) is 0 Å². The Morgan fingerprint density at radius 3 is 2.32 bits per heavy atom. The summed E-state index contributed by atoms with van der Waals surface area (Å²) in [6.07, 6.45) is 1.62. The first-order valence-electron chi connectivity index (χ1n) is 11.3. The highest BCUT2D eigenvalue weighted by molar-refractivity contribution is 7.92. The lowest BCUT2D eigenvalue weighted by molar-refractivity contribution is 0.0984. The Labute approximate surface area is 217 Å². The smallest absolute Gasteiger partial charge is 0.264 e. The summed E-state index contributed by atoms with van der Waals surface area (Å²) < 4.78 is 42.4. The van der Waals surface area contributed by atoms with Gasteiger partial charge in [-0.05, 0) is 60.7 Å². The minimum absolute atomic E-state index is 0.0498. The summed E-state index contributed by atoms with van der Waals surface area (Å²) in [5, 5.41) is 0.316. The number of carbonyl (C=O) groups excluding carboxylic acids is 1. The summed E-state index contributed by atoms with van der Waals surface area (Å²) in [5.41, 5.74) is 1.59. The second kappa shape index (κ2) is 10.1. The van der Waals surface area contributed by atoms with E-state index in [-0.39, 0.29) is 22.5 Å². The first-order chi connectivity index (χ1) is 17.8. The molecule has 0 aliphatic rings. The zero-order valence-electron chi connectivity index (χ0n) is 19.7. The number of fused-ring (bicyclic) bond motifs is 1. The zero-order valence-corrected chi connectivity index (χ0v) is 21.3. The molecule has 3 aromatic carbocycles. The number of sulfonamides is 1. The predicted octanol–water partition coefficient (Wildman–Crippen LogP) is 5.50. The molecule has 1 amide bonds. The normalized spacial score (nSPS) is 11.4. The van der Waals surface area contributed by atoms with Crippen LogP contribution in [0, 0.1) is 5.82 Å². The third kappa shape index (κ3) is 4.93. The van der Waals surface area contributed by atoms with E-state index >= 15 is 0 Å². The van der Waals surface area contributed by atoms with Gasteiger partial charge in [0.15, 0.2) is 5.13 Å². The van der Waals surface area contributed by atoms with Crippen LogP contribution >= 0.6 is 11.3 Å². The van der Waals surface area contributed by atoms with Crippen LogP contribution in [0.5, 0.6) is 0 Å². The third-order valence-electron chi connectivity index (χ3n) is 5.76. The van der Waals surface area contributed by atoms with Crippen LogP contribution in [0.4, 0.5) is 15.2 Å². The summed E-state index contributed by atoms with van der Waals surface area (Å²) in [5.74, 6) is -0.882. The van der Waals surface area contributed by atoms with Crippen molar-refractivity contribution in [3.05, 3.63) is 114 Å². The van der Waals surface area contributed by atoms with Crippen molar-refractivity contribution < 1.29 is 17.6 Å². The van der Waals surface area contributed by atoms with Gasteiger partial charge in [-0.1, -0.05) is 41.7 Å². The van der Waals surface area contributed by atoms with E-state index in [0.717, 1.165) is 0 Å². The van der Waals surface area contributed by atoms with E-state index < -0.39 is 21.7 Å². The van der Waals surface area contributed by atoms with E-state index in [0.29, 0.717) is 21.2 Å². The number of hydrogen-bond donors (Lipinski definition) is 0. The topological polar surface area (TPSA) is 83.5 Å². The number of benzene rings is 3. The molecule has 37 heavy (non-hydrogen) atoms. The van der Waals surface area contributed by atoms with E-state index in [1.807, 2.05) is 6.07 Å². The van der Waals surface area contributed by atoms with Gasteiger partial charge in [0.2, 0.25) is 0 Å². The lowest BCUT2D eigenvalue weighted by Crippen LogP contribution is -2.31. The maximum Gasteiger partial charge on any atom is 0.264 e. The molecule has 0 aliphatic heterocycles. The first kappa shape index (κ1) is 24.5. The molecule has 0 spiro atoms. The Hall–Kier alpha value is -4.15. The van der Waals surface area contributed by atoms with Crippen molar-refractivity contribution in [3.8, 4) is 0 Å². The van der Waals surface area contributed by atoms with E-state index in [1.165, 1.54) is 57.9 Å². The van der Waals surface area contributed by atoms with Gasteiger partial charge >= 0.3 is 0 Å². The van der Waals surface area contributed by atoms with Gasteiger partial charge in [-0.25, -0.2) is 17.8 Å². The number of rotatable bonds is 7. The van der Waals surface area contributed by atoms with Gasteiger partial charge in [0.25, 0.3) is 15.9 Å². The molecule has 0 fully saturated rings. The Balaban J connectivity index is 1.48. The van der Waals surface area contributed by atoms with Crippen molar-refractivity contribution in [3.63, 3.8) is 0 Å². The zero-order chi connectivity index (χ0) is 26.0. The van der Waals surface area contributed by atoms with Crippen LogP contribution in [0.25, 0.3) is 10.2 Å². The van der Waals surface area contributed by atoms with Gasteiger partial charge in [-0.2, -0.15) is 0 Å². The molecule has 186 valence electrons. The van der Waals surface area contributed by atoms with E-state index in [9.17, 15) is 17.6 Å². The molecule has 0 radical (unpaired) electrons. The van der Waals surface area contributed by atoms with Crippen LogP contribution in [0.1, 0.15) is 16.1 Å². The minimum Gasteiger partial charge on any atom is -0.278 e. The van der Waals surface area contributed by atoms with Crippen LogP contribution in [0.2, 0.25) is 0 Å². The minimum atomic E-state index is -3.83. The van der Waals surface area contributed by atoms with Crippen molar-refractivity contribution in [2.24, 2.45) is 0 Å². The van der Waals surface area contributed by atoms with Gasteiger partial charge in [-0.3, -0.25) is 19.0 Å². The summed E-state index contributed by atoms with van der Waals surface area (Å²) in [4.78, 5) is 23.8. The molecule has 2 aromatic heterocycles. The molecular formula is C27H21FN4O3S2. The van der Waals surface area contributed by atoms with Gasteiger partial charge in [0.05, 0.1) is 27.5 Å². The SMILES string of the molecule is CN(c1ccccc1)S(=O)(=O)c1ccc(C(=O)N(Cc2ccccn2)c2nc3c(F)cccc3s2)cc1. The van der Waals surface area contributed by atoms with E-state index in [1.54, 1.807) is 60.8 Å². The number of thiazole rings is 1. The fraction of sp³-hybridized carbons (Fsp3) is 0.0741. The van der Waals surface area contributed by atoms with Crippen molar-refractivity contribution in [1.82, 2.24) is 9.97 Å². The standard InChI is InChI=1S/C27H21FN4O3S2/c1-31(21-9-3-2-4-10-21)37(34,35)22-15-13-19(14-16-22)26(33)32(18-20-8-5-6-17-29-20)27-30-25-23(28)11-7-12-24(25)36-27/h2-17H,18H2,1H3. The lowest BCUT2D eigenvalue weighted by atomic mass is 10.2. The maximum absolute atomic E-state index is 14.3. The molecule has 2 heterocycles. The monoisotopic (exact) mass is 532 g/mol. The fourth-order valence-corrected chi connectivity index (χ4v) is 5.93. The lowest BCUT2D eigenvalue weighted by Gasteiger charge is -2.21.